The maximum absolute atomic E-state index is 12.2. The van der Waals surface area contributed by atoms with Crippen LogP contribution in [0.4, 0.5) is 13.2 Å². The number of aryl methyl sites for hydroxylation is 1. The Morgan fingerprint density at radius 3 is 2.42 bits per heavy atom. The highest BCUT2D eigenvalue weighted by molar-refractivity contribution is 6.16. The molecule has 0 aromatic carbocycles. The van der Waals surface area contributed by atoms with Gasteiger partial charge in [-0.1, -0.05) is 5.21 Å². The minimum atomic E-state index is -4.44. The fraction of sp³-hybridized carbons (Fsp3) is 0.600. The zero-order valence-electron chi connectivity index (χ0n) is 6.06. The minimum Gasteiger partial charge on any atom is -0.243 e. The Bertz CT molecular complexity index is 280. The van der Waals surface area contributed by atoms with Crippen LogP contribution in [0.15, 0.2) is 0 Å². The van der Waals surface area contributed by atoms with E-state index in [1.54, 1.807) is 0 Å². The minimum absolute atomic E-state index is 0.244. The molecule has 1 aromatic heterocycles. The van der Waals surface area contributed by atoms with E-state index in [0.29, 0.717) is 4.68 Å². The molecule has 7 heteroatoms. The highest BCUT2D eigenvalue weighted by atomic mass is 35.5. The summed E-state index contributed by atoms with van der Waals surface area (Å²) in [4.78, 5) is 0. The van der Waals surface area contributed by atoms with E-state index in [1.807, 2.05) is 0 Å². The summed E-state index contributed by atoms with van der Waals surface area (Å²) in [5.41, 5.74) is -1.14. The third-order valence-corrected chi connectivity index (χ3v) is 1.54. The van der Waals surface area contributed by atoms with Gasteiger partial charge in [0.1, 0.15) is 5.69 Å². The Balaban J connectivity index is 3.19. The van der Waals surface area contributed by atoms with Gasteiger partial charge in [-0.25, -0.2) is 4.68 Å². The van der Waals surface area contributed by atoms with Gasteiger partial charge in [0.15, 0.2) is 5.69 Å². The van der Waals surface area contributed by atoms with Crippen LogP contribution in [0.1, 0.15) is 11.4 Å². The van der Waals surface area contributed by atoms with E-state index in [0.717, 1.165) is 0 Å². The maximum Gasteiger partial charge on any atom is 0.434 e. The molecule has 0 aliphatic rings. The Kier molecular flexibility index (Phi) is 2.27. The monoisotopic (exact) mass is 199 g/mol. The lowest BCUT2D eigenvalue weighted by Gasteiger charge is -2.06. The number of nitrogens with zero attached hydrogens (tertiary/aromatic N) is 3. The summed E-state index contributed by atoms with van der Waals surface area (Å²) >= 11 is 5.24. The van der Waals surface area contributed by atoms with Gasteiger partial charge in [-0.3, -0.25) is 0 Å². The fourth-order valence-corrected chi connectivity index (χ4v) is 1.02. The summed E-state index contributed by atoms with van der Waals surface area (Å²) in [6, 6.07) is 0. The molecule has 0 N–H and O–H groups in total. The van der Waals surface area contributed by atoms with Crippen molar-refractivity contribution in [2.75, 3.05) is 0 Å². The smallest absolute Gasteiger partial charge is 0.243 e. The van der Waals surface area contributed by atoms with Crippen molar-refractivity contribution in [1.29, 1.82) is 0 Å². The second-order valence-electron chi connectivity index (χ2n) is 2.14. The second kappa shape index (κ2) is 2.93. The molecule has 12 heavy (non-hydrogen) atoms. The van der Waals surface area contributed by atoms with Crippen LogP contribution in [0.3, 0.4) is 0 Å². The number of halogens is 4. The van der Waals surface area contributed by atoms with Crippen LogP contribution in [0.25, 0.3) is 0 Å². The molecule has 3 nitrogen and oxygen atoms in total. The van der Waals surface area contributed by atoms with Gasteiger partial charge < -0.3 is 0 Å². The molecule has 68 valence electrons. The zero-order valence-corrected chi connectivity index (χ0v) is 6.82. The van der Waals surface area contributed by atoms with Crippen molar-refractivity contribution >= 4 is 11.6 Å². The standard InChI is InChI=1S/C5H5ClF3N3/c1-12-4(5(7,8)9)3(2-6)10-11-12/h2H2,1H3. The quantitative estimate of drug-likeness (QED) is 0.643. The van der Waals surface area contributed by atoms with Gasteiger partial charge in [-0.2, -0.15) is 13.2 Å². The van der Waals surface area contributed by atoms with Gasteiger partial charge in [-0.05, 0) is 0 Å². The van der Waals surface area contributed by atoms with Crippen molar-refractivity contribution in [3.8, 4) is 0 Å². The predicted molar refractivity (Wildman–Crippen MR) is 35.6 cm³/mol. The third kappa shape index (κ3) is 1.52. The SMILES string of the molecule is Cn1nnc(CCl)c1C(F)(F)F. The van der Waals surface area contributed by atoms with Gasteiger partial charge in [0.2, 0.25) is 0 Å². The van der Waals surface area contributed by atoms with Gasteiger partial charge in [-0.15, -0.1) is 16.7 Å². The van der Waals surface area contributed by atoms with Crippen LogP contribution in [-0.2, 0) is 19.1 Å². The number of rotatable bonds is 1. The number of alkyl halides is 4. The third-order valence-electron chi connectivity index (χ3n) is 1.29. The van der Waals surface area contributed by atoms with Crippen LogP contribution in [0.2, 0.25) is 0 Å². The molecule has 1 aromatic rings. The summed E-state index contributed by atoms with van der Waals surface area (Å²) in [6.45, 7) is 0. The maximum atomic E-state index is 12.2. The van der Waals surface area contributed by atoms with Crippen molar-refractivity contribution in [2.45, 2.75) is 12.1 Å². The fourth-order valence-electron chi connectivity index (χ4n) is 0.837. The van der Waals surface area contributed by atoms with Gasteiger partial charge in [0.25, 0.3) is 0 Å². The van der Waals surface area contributed by atoms with E-state index in [9.17, 15) is 13.2 Å². The van der Waals surface area contributed by atoms with E-state index < -0.39 is 11.9 Å². The molecular weight excluding hydrogens is 195 g/mol. The van der Waals surface area contributed by atoms with Crippen molar-refractivity contribution in [3.05, 3.63) is 11.4 Å². The highest BCUT2D eigenvalue weighted by Gasteiger charge is 2.37. The van der Waals surface area contributed by atoms with Crippen LogP contribution < -0.4 is 0 Å². The number of hydrogen-bond acceptors (Lipinski definition) is 2. The first-order valence-electron chi connectivity index (χ1n) is 2.98. The molecular formula is C5H5ClF3N3. The summed E-state index contributed by atoms with van der Waals surface area (Å²) < 4.78 is 37.2. The summed E-state index contributed by atoms with van der Waals surface area (Å²) in [7, 11) is 1.17. The van der Waals surface area contributed by atoms with Gasteiger partial charge >= 0.3 is 6.18 Å². The Hall–Kier alpha value is -0.780. The molecule has 0 spiro atoms. The molecule has 0 bridgehead atoms. The van der Waals surface area contributed by atoms with Crippen LogP contribution in [-0.4, -0.2) is 15.0 Å². The lowest BCUT2D eigenvalue weighted by Crippen LogP contribution is -2.13. The van der Waals surface area contributed by atoms with Gasteiger partial charge in [0.05, 0.1) is 5.88 Å². The number of hydrogen-bond donors (Lipinski definition) is 0. The van der Waals surface area contributed by atoms with Crippen molar-refractivity contribution < 1.29 is 13.2 Å². The molecule has 1 rings (SSSR count). The lowest BCUT2D eigenvalue weighted by atomic mass is 10.3. The number of aromatic nitrogens is 3. The first-order chi connectivity index (χ1) is 5.46. The predicted octanol–water partition coefficient (Wildman–Crippen LogP) is 1.57. The topological polar surface area (TPSA) is 30.7 Å². The molecule has 0 amide bonds. The average Bonchev–Trinajstić information content (AvgIpc) is 2.29. The van der Waals surface area contributed by atoms with E-state index in [2.05, 4.69) is 10.3 Å². The zero-order chi connectivity index (χ0) is 9.35. The molecule has 0 aliphatic heterocycles. The largest absolute Gasteiger partial charge is 0.434 e. The first kappa shape index (κ1) is 9.31. The van der Waals surface area contributed by atoms with Crippen molar-refractivity contribution in [3.63, 3.8) is 0 Å². The van der Waals surface area contributed by atoms with Gasteiger partial charge in [0, 0.05) is 7.05 Å². The lowest BCUT2D eigenvalue weighted by molar-refractivity contribution is -0.144. The second-order valence-corrected chi connectivity index (χ2v) is 2.41. The molecule has 0 aliphatic carbocycles. The van der Waals surface area contributed by atoms with Crippen molar-refractivity contribution in [2.24, 2.45) is 7.05 Å². The molecule has 0 saturated carbocycles. The van der Waals surface area contributed by atoms with E-state index in [-0.39, 0.29) is 11.6 Å². The summed E-state index contributed by atoms with van der Waals surface area (Å²) in [5, 5.41) is 6.48. The Labute approximate surface area is 71.1 Å². The molecule has 0 saturated heterocycles. The van der Waals surface area contributed by atoms with E-state index in [1.165, 1.54) is 7.05 Å². The van der Waals surface area contributed by atoms with Crippen LogP contribution in [0.5, 0.6) is 0 Å². The summed E-state index contributed by atoms with van der Waals surface area (Å²) in [6.07, 6.45) is -4.44. The molecule has 0 unspecified atom stereocenters. The van der Waals surface area contributed by atoms with Crippen LogP contribution >= 0.6 is 11.6 Å². The molecule has 0 radical (unpaired) electrons. The molecule has 1 heterocycles. The summed E-state index contributed by atoms with van der Waals surface area (Å²) in [5.74, 6) is -0.289. The Morgan fingerprint density at radius 2 is 2.08 bits per heavy atom. The average molecular weight is 200 g/mol. The van der Waals surface area contributed by atoms with Crippen LogP contribution in [0, 0.1) is 0 Å². The van der Waals surface area contributed by atoms with Crippen molar-refractivity contribution in [1.82, 2.24) is 15.0 Å². The molecule has 0 atom stereocenters. The Morgan fingerprint density at radius 1 is 1.50 bits per heavy atom. The molecule has 0 fully saturated rings. The normalized spacial score (nSPS) is 12.1. The highest BCUT2D eigenvalue weighted by Crippen LogP contribution is 2.30. The first-order valence-corrected chi connectivity index (χ1v) is 3.52. The van der Waals surface area contributed by atoms with E-state index >= 15 is 0 Å². The van der Waals surface area contributed by atoms with E-state index in [4.69, 9.17) is 11.6 Å².